The minimum atomic E-state index is -0.344. The molecule has 8 rings (SSSR count). The quantitative estimate of drug-likeness (QED) is 0.0607. The Kier molecular flexibility index (Phi) is 16.7. The van der Waals surface area contributed by atoms with Crippen molar-refractivity contribution in [3.05, 3.63) is 142 Å². The predicted molar refractivity (Wildman–Crippen MR) is 256 cm³/mol. The number of hydrogen-bond donors (Lipinski definition) is 5. The maximum Gasteiger partial charge on any atom is 0.251 e. The van der Waals surface area contributed by atoms with Crippen LogP contribution < -0.4 is 26.6 Å². The normalized spacial score (nSPS) is 19.2. The number of fused-ring (bicyclic) bond motifs is 1. The third-order valence-electron chi connectivity index (χ3n) is 12.5. The van der Waals surface area contributed by atoms with Crippen LogP contribution >= 0.6 is 11.6 Å². The number of rotatable bonds is 10. The fraction of sp³-hybridized carbons (Fsp3) is 0.365. The number of aryl methyl sites for hydroxylation is 1. The van der Waals surface area contributed by atoms with Gasteiger partial charge in [0.1, 0.15) is 5.82 Å². The van der Waals surface area contributed by atoms with Crippen molar-refractivity contribution in [1.82, 2.24) is 25.8 Å². The van der Waals surface area contributed by atoms with E-state index >= 15 is 0 Å². The van der Waals surface area contributed by atoms with Gasteiger partial charge in [0, 0.05) is 94.6 Å². The van der Waals surface area contributed by atoms with E-state index in [0.29, 0.717) is 72.1 Å². The van der Waals surface area contributed by atoms with Crippen molar-refractivity contribution in [3.8, 4) is 11.8 Å². The van der Waals surface area contributed by atoms with E-state index in [-0.39, 0.29) is 47.0 Å². The van der Waals surface area contributed by atoms with Gasteiger partial charge in [0.25, 0.3) is 5.91 Å². The highest BCUT2D eigenvalue weighted by Crippen LogP contribution is 2.47. The van der Waals surface area contributed by atoms with Gasteiger partial charge in [0.05, 0.1) is 17.7 Å². The maximum absolute atomic E-state index is 14.9. The molecule has 0 bridgehead atoms. The number of amides is 4. The number of halogens is 2. The number of pyridine rings is 1. The SMILES string of the molecule is C=C1NC(=O)CCC1N1Cc2c(C#CCCCNC(=O)c3ccc(NC=O)cc3)cccc2C1=C.CC.Cc1nccc(C2CNC3(CCCCC3)C2C(=O)Nc2cccc(Cl)c2)c1F. The van der Waals surface area contributed by atoms with E-state index in [1.165, 1.54) is 6.42 Å². The van der Waals surface area contributed by atoms with Crippen molar-refractivity contribution in [2.45, 2.75) is 103 Å². The van der Waals surface area contributed by atoms with Crippen LogP contribution in [0.5, 0.6) is 0 Å². The molecule has 3 aromatic carbocycles. The predicted octanol–water partition coefficient (Wildman–Crippen LogP) is 9.25. The first-order valence-electron chi connectivity index (χ1n) is 22.5. The minimum absolute atomic E-state index is 0.0149. The molecule has 0 radical (unpaired) electrons. The number of nitrogens with one attached hydrogen (secondary N) is 5. The average Bonchev–Trinajstić information content (AvgIpc) is 3.84. The molecule has 3 fully saturated rings. The first-order chi connectivity index (χ1) is 31.5. The molecule has 1 aromatic heterocycles. The molecule has 3 unspecified atom stereocenters. The van der Waals surface area contributed by atoms with Gasteiger partial charge in [-0.1, -0.05) is 87.9 Å². The molecule has 13 heteroatoms. The molecule has 2 saturated heterocycles. The summed E-state index contributed by atoms with van der Waals surface area (Å²) in [5, 5.41) is 15.5. The Labute approximate surface area is 387 Å². The molecule has 4 aromatic rings. The zero-order valence-corrected chi connectivity index (χ0v) is 38.3. The molecule has 3 aliphatic heterocycles. The smallest absolute Gasteiger partial charge is 0.251 e. The van der Waals surface area contributed by atoms with Gasteiger partial charge in [-0.15, -0.1) is 0 Å². The van der Waals surface area contributed by atoms with Gasteiger partial charge in [0.2, 0.25) is 18.2 Å². The lowest BCUT2D eigenvalue weighted by Crippen LogP contribution is -2.50. The Morgan fingerprint density at radius 3 is 2.51 bits per heavy atom. The Balaban J connectivity index is 0.000000212. The Hall–Kier alpha value is -6.29. The fourth-order valence-corrected chi connectivity index (χ4v) is 9.55. The fourth-order valence-electron chi connectivity index (χ4n) is 9.36. The lowest BCUT2D eigenvalue weighted by Gasteiger charge is -2.39. The molecule has 11 nitrogen and oxygen atoms in total. The van der Waals surface area contributed by atoms with Gasteiger partial charge in [0.15, 0.2) is 0 Å². The third-order valence-corrected chi connectivity index (χ3v) is 12.8. The third kappa shape index (κ3) is 11.5. The molecule has 1 saturated carbocycles. The number of carbonyl (C=O) groups excluding carboxylic acids is 4. The van der Waals surface area contributed by atoms with Crippen LogP contribution in [-0.2, 0) is 20.9 Å². The molecular formula is C52H59ClFN7O4. The highest BCUT2D eigenvalue weighted by molar-refractivity contribution is 6.30. The van der Waals surface area contributed by atoms with Crippen LogP contribution in [0.3, 0.4) is 0 Å². The van der Waals surface area contributed by atoms with Crippen molar-refractivity contribution < 1.29 is 23.6 Å². The molecule has 4 aliphatic rings. The largest absolute Gasteiger partial charge is 0.359 e. The van der Waals surface area contributed by atoms with Crippen molar-refractivity contribution in [2.75, 3.05) is 23.7 Å². The number of benzene rings is 3. The van der Waals surface area contributed by atoms with E-state index in [4.69, 9.17) is 11.6 Å². The molecular weight excluding hydrogens is 841 g/mol. The van der Waals surface area contributed by atoms with Gasteiger partial charge >= 0.3 is 0 Å². The van der Waals surface area contributed by atoms with Crippen LogP contribution in [0.2, 0.25) is 5.02 Å². The number of hydrogen-bond acceptors (Lipinski definition) is 7. The highest BCUT2D eigenvalue weighted by Gasteiger charge is 2.53. The first kappa shape index (κ1) is 48.2. The van der Waals surface area contributed by atoms with Gasteiger partial charge in [-0.25, -0.2) is 4.39 Å². The molecule has 1 spiro atoms. The topological polar surface area (TPSA) is 145 Å². The monoisotopic (exact) mass is 899 g/mol. The van der Waals surface area contributed by atoms with Gasteiger partial charge < -0.3 is 31.5 Å². The number of anilines is 2. The number of unbranched alkanes of at least 4 members (excludes halogenated alkanes) is 1. The molecule has 5 N–H and O–H groups in total. The van der Waals surface area contributed by atoms with Crippen LogP contribution in [0, 0.1) is 30.5 Å². The first-order valence-corrected chi connectivity index (χ1v) is 22.9. The highest BCUT2D eigenvalue weighted by atomic mass is 35.5. The number of nitrogens with zero attached hydrogens (tertiary/aromatic N) is 2. The van der Waals surface area contributed by atoms with Crippen LogP contribution in [0.25, 0.3) is 5.70 Å². The second-order valence-corrected chi connectivity index (χ2v) is 17.0. The summed E-state index contributed by atoms with van der Waals surface area (Å²) in [4.78, 5) is 54.1. The molecule has 4 heterocycles. The Morgan fingerprint density at radius 1 is 1.03 bits per heavy atom. The standard InChI is InChI=1S/C28H28N4O3.C22H25ClFN3O.C2H6/c1-19-26(14-15-27(34)31-19)32-17-25-21(8-6-9-24(25)20(32)2)7-4-3-5-16-29-28(35)22-10-12-23(13-11-22)30-18-33;1-14-20(24)17(8-11-25-14)18-13-26-22(9-3-2-4-10-22)19(18)21(28)27-16-7-5-6-15(23)12-16;1-2/h6,8-13,18,26H,1-3,5,14-17H2,(H,29,35)(H,30,33)(H,31,34);5-8,11-12,18-19,26H,2-4,9-10,13H2,1H3,(H,27,28);1-2H3. The molecule has 3 atom stereocenters. The van der Waals surface area contributed by atoms with Crippen molar-refractivity contribution in [1.29, 1.82) is 0 Å². The zero-order chi connectivity index (χ0) is 46.5. The van der Waals surface area contributed by atoms with Crippen molar-refractivity contribution in [2.24, 2.45) is 5.92 Å². The van der Waals surface area contributed by atoms with Gasteiger partial charge in [-0.2, -0.15) is 0 Å². The van der Waals surface area contributed by atoms with E-state index in [1.54, 1.807) is 55.6 Å². The zero-order valence-electron chi connectivity index (χ0n) is 37.5. The van der Waals surface area contributed by atoms with Crippen LogP contribution in [0.1, 0.15) is 116 Å². The summed E-state index contributed by atoms with van der Waals surface area (Å²) in [5.41, 5.74) is 7.38. The van der Waals surface area contributed by atoms with Crippen molar-refractivity contribution in [3.63, 3.8) is 0 Å². The molecule has 65 heavy (non-hydrogen) atoms. The summed E-state index contributed by atoms with van der Waals surface area (Å²) in [6.45, 7) is 15.8. The summed E-state index contributed by atoms with van der Waals surface area (Å²) < 4.78 is 14.9. The summed E-state index contributed by atoms with van der Waals surface area (Å²) in [7, 11) is 0. The molecule has 1 aliphatic carbocycles. The molecule has 4 amide bonds. The lowest BCUT2D eigenvalue weighted by atomic mass is 9.69. The summed E-state index contributed by atoms with van der Waals surface area (Å²) >= 11 is 6.07. The van der Waals surface area contributed by atoms with Gasteiger partial charge in [-0.05, 0) is 98.3 Å². The van der Waals surface area contributed by atoms with E-state index in [2.05, 4.69) is 67.5 Å². The summed E-state index contributed by atoms with van der Waals surface area (Å²) in [6.07, 6.45) is 10.0. The Bertz CT molecular complexity index is 2460. The molecule has 340 valence electrons. The second-order valence-electron chi connectivity index (χ2n) is 16.5. The number of aromatic nitrogens is 1. The maximum atomic E-state index is 14.9. The minimum Gasteiger partial charge on any atom is -0.359 e. The van der Waals surface area contributed by atoms with Crippen LogP contribution in [0.15, 0.2) is 97.8 Å². The average molecular weight is 901 g/mol. The second kappa shape index (κ2) is 22.6. The number of carbonyl (C=O) groups is 4. The van der Waals surface area contributed by atoms with Crippen molar-refractivity contribution >= 4 is 52.8 Å². The van der Waals surface area contributed by atoms with E-state index in [0.717, 1.165) is 66.6 Å². The van der Waals surface area contributed by atoms with E-state index in [9.17, 15) is 23.6 Å². The number of piperidine rings is 1. The van der Waals surface area contributed by atoms with Gasteiger partial charge in [-0.3, -0.25) is 24.2 Å². The van der Waals surface area contributed by atoms with Crippen LogP contribution in [0.4, 0.5) is 15.8 Å². The van der Waals surface area contributed by atoms with E-state index in [1.807, 2.05) is 38.1 Å². The Morgan fingerprint density at radius 2 is 1.78 bits per heavy atom. The summed E-state index contributed by atoms with van der Waals surface area (Å²) in [6, 6.07) is 21.7. The van der Waals surface area contributed by atoms with E-state index < -0.39 is 0 Å². The lowest BCUT2D eigenvalue weighted by molar-refractivity contribution is -0.123. The van der Waals surface area contributed by atoms with Crippen LogP contribution in [-0.4, -0.2) is 58.7 Å². The summed E-state index contributed by atoms with van der Waals surface area (Å²) in [5.74, 6) is 5.42.